The van der Waals surface area contributed by atoms with Crippen molar-refractivity contribution >= 4 is 11.6 Å². The van der Waals surface area contributed by atoms with Gasteiger partial charge in [-0.2, -0.15) is 0 Å². The summed E-state index contributed by atoms with van der Waals surface area (Å²) in [5.74, 6) is 0.444. The number of rotatable bonds is 5. The van der Waals surface area contributed by atoms with E-state index in [2.05, 4.69) is 17.1 Å². The minimum atomic E-state index is -0.712. The van der Waals surface area contributed by atoms with E-state index in [1.54, 1.807) is 7.11 Å². The van der Waals surface area contributed by atoms with E-state index in [4.69, 9.17) is 10.5 Å². The molecule has 1 aromatic carbocycles. The predicted molar refractivity (Wildman–Crippen MR) is 82.3 cm³/mol. The Kier molecular flexibility index (Phi) is 3.53. The topological polar surface area (TPSA) is 67.6 Å². The SMILES string of the molecule is COc1ccccc1NC1(C(N)=O)CC(C)N(C2CC2)C1. The molecule has 0 radical (unpaired) electrons. The average molecular weight is 289 g/mol. The summed E-state index contributed by atoms with van der Waals surface area (Å²) in [5.41, 5.74) is 5.86. The number of carbonyl (C=O) groups is 1. The fraction of sp³-hybridized carbons (Fsp3) is 0.562. The van der Waals surface area contributed by atoms with Crippen LogP contribution in [0.3, 0.4) is 0 Å². The Morgan fingerprint density at radius 1 is 1.43 bits per heavy atom. The normalized spacial score (nSPS) is 29.3. The molecule has 2 aliphatic rings. The second-order valence-corrected chi connectivity index (χ2v) is 6.23. The van der Waals surface area contributed by atoms with Crippen molar-refractivity contribution in [3.05, 3.63) is 24.3 Å². The number of ether oxygens (including phenoxy) is 1. The minimum Gasteiger partial charge on any atom is -0.495 e. The molecular weight excluding hydrogens is 266 g/mol. The number of likely N-dealkylation sites (tertiary alicyclic amines) is 1. The van der Waals surface area contributed by atoms with Gasteiger partial charge in [-0.15, -0.1) is 0 Å². The molecule has 2 unspecified atom stereocenters. The molecule has 114 valence electrons. The quantitative estimate of drug-likeness (QED) is 0.864. The van der Waals surface area contributed by atoms with Crippen LogP contribution in [0, 0.1) is 0 Å². The van der Waals surface area contributed by atoms with Crippen molar-refractivity contribution in [1.82, 2.24) is 4.90 Å². The lowest BCUT2D eigenvalue weighted by molar-refractivity contribution is -0.121. The molecule has 2 fully saturated rings. The van der Waals surface area contributed by atoms with Crippen LogP contribution in [0.1, 0.15) is 26.2 Å². The number of benzene rings is 1. The Balaban J connectivity index is 1.87. The minimum absolute atomic E-state index is 0.289. The van der Waals surface area contributed by atoms with Gasteiger partial charge in [0.25, 0.3) is 0 Å². The van der Waals surface area contributed by atoms with Gasteiger partial charge >= 0.3 is 0 Å². The third-order valence-corrected chi connectivity index (χ3v) is 4.63. The van der Waals surface area contributed by atoms with Crippen LogP contribution in [-0.4, -0.2) is 42.1 Å². The molecular formula is C16H23N3O2. The zero-order chi connectivity index (χ0) is 15.0. The average Bonchev–Trinajstić information content (AvgIpc) is 3.24. The lowest BCUT2D eigenvalue weighted by Gasteiger charge is -2.29. The van der Waals surface area contributed by atoms with Gasteiger partial charge < -0.3 is 15.8 Å². The molecule has 0 bridgehead atoms. The van der Waals surface area contributed by atoms with E-state index in [-0.39, 0.29) is 5.91 Å². The molecule has 5 heteroatoms. The Morgan fingerprint density at radius 2 is 2.14 bits per heavy atom. The smallest absolute Gasteiger partial charge is 0.244 e. The Labute approximate surface area is 125 Å². The highest BCUT2D eigenvalue weighted by Gasteiger charge is 2.50. The summed E-state index contributed by atoms with van der Waals surface area (Å²) >= 11 is 0. The van der Waals surface area contributed by atoms with Gasteiger partial charge in [-0.05, 0) is 38.3 Å². The summed E-state index contributed by atoms with van der Waals surface area (Å²) in [5, 5.41) is 3.38. The van der Waals surface area contributed by atoms with E-state index in [9.17, 15) is 4.79 Å². The highest BCUT2D eigenvalue weighted by atomic mass is 16.5. The summed E-state index contributed by atoms with van der Waals surface area (Å²) in [4.78, 5) is 14.6. The first-order valence-corrected chi connectivity index (χ1v) is 7.52. The van der Waals surface area contributed by atoms with Crippen molar-refractivity contribution in [2.75, 3.05) is 19.0 Å². The molecule has 1 heterocycles. The predicted octanol–water partition coefficient (Wildman–Crippen LogP) is 1.59. The summed E-state index contributed by atoms with van der Waals surface area (Å²) in [6, 6.07) is 8.64. The number of anilines is 1. The summed E-state index contributed by atoms with van der Waals surface area (Å²) < 4.78 is 5.37. The number of methoxy groups -OCH3 is 1. The van der Waals surface area contributed by atoms with Crippen LogP contribution in [0.5, 0.6) is 5.75 Å². The fourth-order valence-electron chi connectivity index (χ4n) is 3.39. The van der Waals surface area contributed by atoms with Gasteiger partial charge in [0.15, 0.2) is 0 Å². The number of para-hydroxylation sites is 2. The Bertz CT molecular complexity index is 544. The lowest BCUT2D eigenvalue weighted by atomic mass is 9.95. The number of hydrogen-bond acceptors (Lipinski definition) is 4. The number of carbonyl (C=O) groups excluding carboxylic acids is 1. The maximum absolute atomic E-state index is 12.2. The van der Waals surface area contributed by atoms with E-state index in [1.807, 2.05) is 24.3 Å². The lowest BCUT2D eigenvalue weighted by Crippen LogP contribution is -2.52. The highest BCUT2D eigenvalue weighted by molar-refractivity contribution is 5.89. The number of primary amides is 1. The van der Waals surface area contributed by atoms with Crippen LogP contribution in [0.25, 0.3) is 0 Å². The van der Waals surface area contributed by atoms with Crippen molar-refractivity contribution in [1.29, 1.82) is 0 Å². The van der Waals surface area contributed by atoms with E-state index in [0.29, 0.717) is 18.6 Å². The van der Waals surface area contributed by atoms with Crippen LogP contribution in [0.4, 0.5) is 5.69 Å². The monoisotopic (exact) mass is 289 g/mol. The van der Waals surface area contributed by atoms with Gasteiger partial charge in [-0.25, -0.2) is 0 Å². The van der Waals surface area contributed by atoms with Crippen molar-refractivity contribution in [2.45, 2.75) is 43.8 Å². The highest BCUT2D eigenvalue weighted by Crippen LogP contribution is 2.39. The first-order valence-electron chi connectivity index (χ1n) is 7.52. The summed E-state index contributed by atoms with van der Waals surface area (Å²) in [6.45, 7) is 2.85. The van der Waals surface area contributed by atoms with Crippen molar-refractivity contribution in [3.63, 3.8) is 0 Å². The molecule has 5 nitrogen and oxygen atoms in total. The van der Waals surface area contributed by atoms with Crippen molar-refractivity contribution in [2.24, 2.45) is 5.73 Å². The summed E-state index contributed by atoms with van der Waals surface area (Å²) in [6.07, 6.45) is 3.19. The molecule has 1 saturated carbocycles. The number of nitrogens with zero attached hydrogens (tertiary/aromatic N) is 1. The molecule has 0 aromatic heterocycles. The van der Waals surface area contributed by atoms with E-state index in [0.717, 1.165) is 17.9 Å². The number of nitrogens with two attached hydrogens (primary N) is 1. The van der Waals surface area contributed by atoms with Crippen molar-refractivity contribution < 1.29 is 9.53 Å². The second kappa shape index (κ2) is 5.22. The molecule has 1 aliphatic heterocycles. The zero-order valence-corrected chi connectivity index (χ0v) is 12.6. The molecule has 3 rings (SSSR count). The third-order valence-electron chi connectivity index (χ3n) is 4.63. The first kappa shape index (κ1) is 14.2. The van der Waals surface area contributed by atoms with Gasteiger partial charge in [-0.1, -0.05) is 12.1 Å². The number of hydrogen-bond donors (Lipinski definition) is 2. The second-order valence-electron chi connectivity index (χ2n) is 6.23. The third kappa shape index (κ3) is 2.58. The number of nitrogens with one attached hydrogen (secondary N) is 1. The molecule has 1 saturated heterocycles. The van der Waals surface area contributed by atoms with E-state index in [1.165, 1.54) is 12.8 Å². The van der Waals surface area contributed by atoms with Gasteiger partial charge in [-0.3, -0.25) is 9.69 Å². The molecule has 0 spiro atoms. The van der Waals surface area contributed by atoms with Crippen LogP contribution in [-0.2, 0) is 4.79 Å². The molecule has 2 atom stereocenters. The standard InChI is InChI=1S/C16H23N3O2/c1-11-9-16(15(17)20,10-19(11)12-7-8-12)18-13-5-3-4-6-14(13)21-2/h3-6,11-12,18H,7-10H2,1-2H3,(H2,17,20). The van der Waals surface area contributed by atoms with Crippen molar-refractivity contribution in [3.8, 4) is 5.75 Å². The van der Waals surface area contributed by atoms with E-state index >= 15 is 0 Å². The Hall–Kier alpha value is -1.75. The van der Waals surface area contributed by atoms with Crippen LogP contribution < -0.4 is 15.8 Å². The molecule has 3 N–H and O–H groups in total. The van der Waals surface area contributed by atoms with Gasteiger partial charge in [0.1, 0.15) is 11.3 Å². The van der Waals surface area contributed by atoms with Gasteiger partial charge in [0.2, 0.25) is 5.91 Å². The molecule has 21 heavy (non-hydrogen) atoms. The Morgan fingerprint density at radius 3 is 2.76 bits per heavy atom. The largest absolute Gasteiger partial charge is 0.495 e. The molecule has 1 aliphatic carbocycles. The summed E-state index contributed by atoms with van der Waals surface area (Å²) in [7, 11) is 1.63. The molecule has 1 aromatic rings. The zero-order valence-electron chi connectivity index (χ0n) is 12.6. The number of amides is 1. The van der Waals surface area contributed by atoms with Crippen LogP contribution >= 0.6 is 0 Å². The maximum Gasteiger partial charge on any atom is 0.244 e. The van der Waals surface area contributed by atoms with Crippen LogP contribution in [0.2, 0.25) is 0 Å². The first-order chi connectivity index (χ1) is 10.1. The molecule has 1 amide bonds. The van der Waals surface area contributed by atoms with E-state index < -0.39 is 5.54 Å². The van der Waals surface area contributed by atoms with Crippen LogP contribution in [0.15, 0.2) is 24.3 Å². The maximum atomic E-state index is 12.2. The van der Waals surface area contributed by atoms with Gasteiger partial charge in [0, 0.05) is 18.6 Å². The fourth-order valence-corrected chi connectivity index (χ4v) is 3.39. The van der Waals surface area contributed by atoms with Gasteiger partial charge in [0.05, 0.1) is 12.8 Å².